The van der Waals surface area contributed by atoms with Crippen LogP contribution in [0.3, 0.4) is 0 Å². The van der Waals surface area contributed by atoms with Gasteiger partial charge in [-0.1, -0.05) is 37.3 Å². The molecule has 0 bridgehead atoms. The van der Waals surface area contributed by atoms with Crippen LogP contribution in [0.15, 0.2) is 35.3 Å². The average Bonchev–Trinajstić information content (AvgIpc) is 2.36. The van der Waals surface area contributed by atoms with Crippen LogP contribution < -0.4 is 11.1 Å². The Morgan fingerprint density at radius 2 is 2.12 bits per heavy atom. The van der Waals surface area contributed by atoms with Gasteiger partial charge >= 0.3 is 0 Å². The summed E-state index contributed by atoms with van der Waals surface area (Å²) in [4.78, 5) is 4.14. The minimum absolute atomic E-state index is 0.0389. The zero-order chi connectivity index (χ0) is 12.5. The molecule has 0 radical (unpaired) electrons. The van der Waals surface area contributed by atoms with Crippen LogP contribution in [0.4, 0.5) is 0 Å². The van der Waals surface area contributed by atoms with Crippen molar-refractivity contribution >= 4 is 5.96 Å². The van der Waals surface area contributed by atoms with Gasteiger partial charge in [0.1, 0.15) is 0 Å². The molecular formula is C13H21N3O. The molecule has 94 valence electrons. The van der Waals surface area contributed by atoms with E-state index in [-0.39, 0.29) is 12.6 Å². The normalized spacial score (nSPS) is 13.4. The van der Waals surface area contributed by atoms with E-state index in [0.29, 0.717) is 12.5 Å². The standard InChI is InChI=1S/C13H21N3O/c1-2-8-15-13(14)16-12(10-17)9-11-6-4-3-5-7-11/h3-7,12,17H,2,8-10H2,1H3,(H3,14,15,16). The van der Waals surface area contributed by atoms with Crippen LogP contribution in [0.25, 0.3) is 0 Å². The number of nitrogens with one attached hydrogen (secondary N) is 1. The lowest BCUT2D eigenvalue weighted by Gasteiger charge is -2.16. The van der Waals surface area contributed by atoms with Gasteiger partial charge in [-0.15, -0.1) is 0 Å². The Morgan fingerprint density at radius 1 is 1.41 bits per heavy atom. The fraction of sp³-hybridized carbons (Fsp3) is 0.462. The first kappa shape index (κ1) is 13.5. The quantitative estimate of drug-likeness (QED) is 0.507. The molecule has 0 saturated heterocycles. The van der Waals surface area contributed by atoms with E-state index in [0.717, 1.165) is 12.8 Å². The SMILES string of the molecule is CCCN=C(N)NC(CO)Cc1ccccc1. The molecular weight excluding hydrogens is 214 g/mol. The van der Waals surface area contributed by atoms with E-state index in [2.05, 4.69) is 10.3 Å². The van der Waals surface area contributed by atoms with Crippen molar-refractivity contribution < 1.29 is 5.11 Å². The largest absolute Gasteiger partial charge is 0.394 e. The highest BCUT2D eigenvalue weighted by Gasteiger charge is 2.08. The van der Waals surface area contributed by atoms with Gasteiger partial charge in [0.25, 0.3) is 0 Å². The van der Waals surface area contributed by atoms with Gasteiger partial charge < -0.3 is 16.2 Å². The van der Waals surface area contributed by atoms with Crippen molar-refractivity contribution in [3.63, 3.8) is 0 Å². The second kappa shape index (κ2) is 7.68. The number of nitrogens with two attached hydrogens (primary N) is 1. The van der Waals surface area contributed by atoms with Crippen molar-refractivity contribution in [2.75, 3.05) is 13.2 Å². The Hall–Kier alpha value is -1.55. The number of aliphatic hydroxyl groups is 1. The highest BCUT2D eigenvalue weighted by molar-refractivity contribution is 5.78. The summed E-state index contributed by atoms with van der Waals surface area (Å²) in [6.07, 6.45) is 1.70. The van der Waals surface area contributed by atoms with Gasteiger partial charge in [0.15, 0.2) is 5.96 Å². The Bertz CT molecular complexity index is 338. The molecule has 1 unspecified atom stereocenters. The predicted octanol–water partition coefficient (Wildman–Crippen LogP) is 0.904. The molecule has 0 fully saturated rings. The highest BCUT2D eigenvalue weighted by atomic mass is 16.3. The van der Waals surface area contributed by atoms with Gasteiger partial charge in [-0.25, -0.2) is 0 Å². The number of hydrogen-bond donors (Lipinski definition) is 3. The molecule has 0 aliphatic carbocycles. The lowest BCUT2D eigenvalue weighted by Crippen LogP contribution is -2.43. The third-order valence-electron chi connectivity index (χ3n) is 2.40. The predicted molar refractivity (Wildman–Crippen MR) is 70.9 cm³/mol. The van der Waals surface area contributed by atoms with Crippen molar-refractivity contribution in [2.24, 2.45) is 10.7 Å². The van der Waals surface area contributed by atoms with Crippen molar-refractivity contribution in [2.45, 2.75) is 25.8 Å². The van der Waals surface area contributed by atoms with E-state index in [9.17, 15) is 5.11 Å². The fourth-order valence-electron chi connectivity index (χ4n) is 1.55. The summed E-state index contributed by atoms with van der Waals surface area (Å²) in [5.74, 6) is 0.404. The summed E-state index contributed by atoms with van der Waals surface area (Å²) in [7, 11) is 0. The van der Waals surface area contributed by atoms with Gasteiger partial charge in [-0.2, -0.15) is 0 Å². The summed E-state index contributed by atoms with van der Waals surface area (Å²) in [6.45, 7) is 2.80. The summed E-state index contributed by atoms with van der Waals surface area (Å²) >= 11 is 0. The van der Waals surface area contributed by atoms with Crippen molar-refractivity contribution in [1.29, 1.82) is 0 Å². The zero-order valence-corrected chi connectivity index (χ0v) is 10.3. The Labute approximate surface area is 103 Å². The molecule has 0 amide bonds. The molecule has 0 aliphatic heterocycles. The summed E-state index contributed by atoms with van der Waals surface area (Å²) in [5, 5.41) is 12.3. The van der Waals surface area contributed by atoms with Gasteiger partial charge in [-0.3, -0.25) is 4.99 Å². The third kappa shape index (κ3) is 5.36. The van der Waals surface area contributed by atoms with Crippen molar-refractivity contribution in [3.8, 4) is 0 Å². The van der Waals surface area contributed by atoms with E-state index in [1.165, 1.54) is 5.56 Å². The Kier molecular flexibility index (Phi) is 6.10. The molecule has 17 heavy (non-hydrogen) atoms. The number of guanidine groups is 1. The first-order valence-corrected chi connectivity index (χ1v) is 5.97. The van der Waals surface area contributed by atoms with Gasteiger partial charge in [0, 0.05) is 6.54 Å². The second-order valence-corrected chi connectivity index (χ2v) is 3.98. The zero-order valence-electron chi connectivity index (χ0n) is 10.3. The molecule has 0 spiro atoms. The monoisotopic (exact) mass is 235 g/mol. The minimum Gasteiger partial charge on any atom is -0.394 e. The lowest BCUT2D eigenvalue weighted by atomic mass is 10.1. The Morgan fingerprint density at radius 3 is 2.71 bits per heavy atom. The molecule has 1 aromatic rings. The van der Waals surface area contributed by atoms with E-state index in [4.69, 9.17) is 5.73 Å². The number of nitrogens with zero attached hydrogens (tertiary/aromatic N) is 1. The number of rotatable bonds is 6. The van der Waals surface area contributed by atoms with E-state index < -0.39 is 0 Å². The first-order chi connectivity index (χ1) is 8.26. The van der Waals surface area contributed by atoms with Crippen LogP contribution >= 0.6 is 0 Å². The Balaban J connectivity index is 2.49. The minimum atomic E-state index is -0.0852. The maximum atomic E-state index is 9.29. The van der Waals surface area contributed by atoms with Crippen molar-refractivity contribution in [1.82, 2.24) is 5.32 Å². The second-order valence-electron chi connectivity index (χ2n) is 3.98. The molecule has 1 aromatic carbocycles. The molecule has 0 saturated carbocycles. The first-order valence-electron chi connectivity index (χ1n) is 5.97. The van der Waals surface area contributed by atoms with Crippen LogP contribution in [-0.2, 0) is 6.42 Å². The summed E-state index contributed by atoms with van der Waals surface area (Å²) in [6, 6.07) is 9.92. The molecule has 0 aromatic heterocycles. The number of aliphatic imine (C=N–C) groups is 1. The number of benzene rings is 1. The third-order valence-corrected chi connectivity index (χ3v) is 2.40. The van der Waals surface area contributed by atoms with Crippen LogP contribution in [0, 0.1) is 0 Å². The smallest absolute Gasteiger partial charge is 0.188 e. The molecule has 4 heteroatoms. The van der Waals surface area contributed by atoms with E-state index in [1.807, 2.05) is 37.3 Å². The molecule has 0 aliphatic rings. The maximum absolute atomic E-state index is 9.29. The lowest BCUT2D eigenvalue weighted by molar-refractivity contribution is 0.254. The van der Waals surface area contributed by atoms with E-state index >= 15 is 0 Å². The molecule has 1 atom stereocenters. The van der Waals surface area contributed by atoms with Gasteiger partial charge in [-0.05, 0) is 18.4 Å². The van der Waals surface area contributed by atoms with Gasteiger partial charge in [0.2, 0.25) is 0 Å². The molecule has 4 N–H and O–H groups in total. The maximum Gasteiger partial charge on any atom is 0.188 e. The topological polar surface area (TPSA) is 70.6 Å². The van der Waals surface area contributed by atoms with Crippen LogP contribution in [0.2, 0.25) is 0 Å². The van der Waals surface area contributed by atoms with Crippen LogP contribution in [0.5, 0.6) is 0 Å². The van der Waals surface area contributed by atoms with E-state index in [1.54, 1.807) is 0 Å². The summed E-state index contributed by atoms with van der Waals surface area (Å²) in [5.41, 5.74) is 6.89. The van der Waals surface area contributed by atoms with Crippen LogP contribution in [-0.4, -0.2) is 30.3 Å². The average molecular weight is 235 g/mol. The van der Waals surface area contributed by atoms with Crippen LogP contribution in [0.1, 0.15) is 18.9 Å². The highest BCUT2D eigenvalue weighted by Crippen LogP contribution is 2.02. The molecule has 0 heterocycles. The summed E-state index contributed by atoms with van der Waals surface area (Å²) < 4.78 is 0. The fourth-order valence-corrected chi connectivity index (χ4v) is 1.55. The van der Waals surface area contributed by atoms with Gasteiger partial charge in [0.05, 0.1) is 12.6 Å². The van der Waals surface area contributed by atoms with Crippen molar-refractivity contribution in [3.05, 3.63) is 35.9 Å². The molecule has 1 rings (SSSR count). The molecule has 4 nitrogen and oxygen atoms in total. The number of aliphatic hydroxyl groups excluding tert-OH is 1. The number of hydrogen-bond acceptors (Lipinski definition) is 2.